The van der Waals surface area contributed by atoms with Crippen LogP contribution in [-0.4, -0.2) is 54.3 Å². The van der Waals surface area contributed by atoms with Gasteiger partial charge in [-0.2, -0.15) is 0 Å². The number of fused-ring (bicyclic) bond motifs is 1. The molecule has 0 radical (unpaired) electrons. The summed E-state index contributed by atoms with van der Waals surface area (Å²) < 4.78 is 5.32. The van der Waals surface area contributed by atoms with Crippen molar-refractivity contribution in [3.63, 3.8) is 0 Å². The molecule has 2 atom stereocenters. The zero-order valence-corrected chi connectivity index (χ0v) is 15.4. The third-order valence-electron chi connectivity index (χ3n) is 5.54. The molecule has 0 aromatic heterocycles. The Bertz CT molecular complexity index is 729. The fraction of sp³-hybridized carbons (Fsp3) is 0.550. The highest BCUT2D eigenvalue weighted by molar-refractivity contribution is 6.03. The van der Waals surface area contributed by atoms with E-state index in [1.54, 1.807) is 14.0 Å². The van der Waals surface area contributed by atoms with Gasteiger partial charge in [-0.3, -0.25) is 14.6 Å². The van der Waals surface area contributed by atoms with Crippen molar-refractivity contribution in [3.8, 4) is 5.75 Å². The first-order valence-electron chi connectivity index (χ1n) is 9.16. The summed E-state index contributed by atoms with van der Waals surface area (Å²) in [6.45, 7) is 3.57. The van der Waals surface area contributed by atoms with Crippen molar-refractivity contribution in [1.29, 1.82) is 0 Å². The van der Waals surface area contributed by atoms with E-state index in [-0.39, 0.29) is 24.2 Å². The summed E-state index contributed by atoms with van der Waals surface area (Å²) in [4.78, 5) is 29.6. The van der Waals surface area contributed by atoms with Crippen LogP contribution in [0.4, 0.5) is 0 Å². The summed E-state index contributed by atoms with van der Waals surface area (Å²) >= 11 is 0. The minimum atomic E-state index is -0.771. The lowest BCUT2D eigenvalue weighted by molar-refractivity contribution is -0.139. The second-order valence-electron chi connectivity index (χ2n) is 7.18. The van der Waals surface area contributed by atoms with Gasteiger partial charge in [0.1, 0.15) is 5.75 Å². The molecule has 2 heterocycles. The summed E-state index contributed by atoms with van der Waals surface area (Å²) in [5.74, 6) is 0.325. The van der Waals surface area contributed by atoms with Gasteiger partial charge in [0.2, 0.25) is 5.91 Å². The highest BCUT2D eigenvalue weighted by Gasteiger charge is 2.33. The van der Waals surface area contributed by atoms with Crippen molar-refractivity contribution in [3.05, 3.63) is 29.3 Å². The summed E-state index contributed by atoms with van der Waals surface area (Å²) in [5.41, 5.74) is 3.38. The third kappa shape index (κ3) is 4.06. The van der Waals surface area contributed by atoms with Gasteiger partial charge in [0.15, 0.2) is 0 Å². The highest BCUT2D eigenvalue weighted by Crippen LogP contribution is 2.32. The number of hydrogen-bond acceptors (Lipinski definition) is 4. The standard InChI is InChI=1S/C20H26N2O4/c1-13(23)22-8-6-14(11-20(24)25)16(12-22)10-19-18-4-3-17(26-2)9-15(18)5-7-21-19/h3-4,9,14,16H,5-8,10-12H2,1-2H3,(H,24,25). The van der Waals surface area contributed by atoms with Crippen molar-refractivity contribution < 1.29 is 19.4 Å². The molecule has 140 valence electrons. The van der Waals surface area contributed by atoms with Gasteiger partial charge < -0.3 is 14.7 Å². The van der Waals surface area contributed by atoms with Crippen molar-refractivity contribution in [1.82, 2.24) is 4.90 Å². The first-order valence-corrected chi connectivity index (χ1v) is 9.16. The molecule has 1 N–H and O–H groups in total. The Labute approximate surface area is 153 Å². The Hall–Kier alpha value is -2.37. The maximum absolute atomic E-state index is 11.8. The van der Waals surface area contributed by atoms with Gasteiger partial charge in [0.05, 0.1) is 7.11 Å². The van der Waals surface area contributed by atoms with Crippen LogP contribution >= 0.6 is 0 Å². The number of carbonyl (C=O) groups is 2. The van der Waals surface area contributed by atoms with Crippen LogP contribution in [0, 0.1) is 11.8 Å². The molecule has 1 aromatic carbocycles. The average molecular weight is 358 g/mol. The number of carboxylic acid groups (broad SMARTS) is 1. The number of likely N-dealkylation sites (tertiary alicyclic amines) is 1. The molecule has 26 heavy (non-hydrogen) atoms. The molecule has 6 nitrogen and oxygen atoms in total. The molecule has 3 rings (SSSR count). The number of carboxylic acids is 1. The Kier molecular flexibility index (Phi) is 5.59. The Morgan fingerprint density at radius 2 is 2.15 bits per heavy atom. The molecule has 0 bridgehead atoms. The maximum atomic E-state index is 11.8. The van der Waals surface area contributed by atoms with Gasteiger partial charge in [-0.1, -0.05) is 0 Å². The number of benzene rings is 1. The summed E-state index contributed by atoms with van der Waals surface area (Å²) in [7, 11) is 1.66. The molecular weight excluding hydrogens is 332 g/mol. The quantitative estimate of drug-likeness (QED) is 0.876. The second-order valence-corrected chi connectivity index (χ2v) is 7.18. The van der Waals surface area contributed by atoms with Gasteiger partial charge >= 0.3 is 5.97 Å². The summed E-state index contributed by atoms with van der Waals surface area (Å²) in [6.07, 6.45) is 2.48. The van der Waals surface area contributed by atoms with E-state index in [0.29, 0.717) is 19.5 Å². The SMILES string of the molecule is COc1ccc2c(c1)CCN=C2CC1CN(C(C)=O)CCC1CC(=O)O. The Morgan fingerprint density at radius 1 is 1.35 bits per heavy atom. The monoisotopic (exact) mass is 358 g/mol. The van der Waals surface area contributed by atoms with Crippen molar-refractivity contribution >= 4 is 17.6 Å². The van der Waals surface area contributed by atoms with E-state index in [1.807, 2.05) is 17.0 Å². The van der Waals surface area contributed by atoms with Crippen LogP contribution in [0.2, 0.25) is 0 Å². The van der Waals surface area contributed by atoms with E-state index >= 15 is 0 Å². The Balaban J connectivity index is 1.81. The van der Waals surface area contributed by atoms with E-state index in [0.717, 1.165) is 36.4 Å². The van der Waals surface area contributed by atoms with Crippen LogP contribution in [0.15, 0.2) is 23.2 Å². The van der Waals surface area contributed by atoms with Gasteiger partial charge in [0, 0.05) is 38.7 Å². The molecule has 6 heteroatoms. The number of hydrogen-bond donors (Lipinski definition) is 1. The van der Waals surface area contributed by atoms with E-state index in [1.165, 1.54) is 5.56 Å². The number of rotatable bonds is 5. The largest absolute Gasteiger partial charge is 0.497 e. The zero-order chi connectivity index (χ0) is 18.7. The predicted molar refractivity (Wildman–Crippen MR) is 98.8 cm³/mol. The molecule has 2 aliphatic rings. The molecule has 1 saturated heterocycles. The number of piperidine rings is 1. The van der Waals surface area contributed by atoms with Gasteiger partial charge in [-0.05, 0) is 60.4 Å². The van der Waals surface area contributed by atoms with Gasteiger partial charge in [-0.15, -0.1) is 0 Å². The molecule has 1 aromatic rings. The first-order chi connectivity index (χ1) is 12.5. The second kappa shape index (κ2) is 7.89. The molecule has 0 aliphatic carbocycles. The average Bonchev–Trinajstić information content (AvgIpc) is 2.62. The fourth-order valence-corrected chi connectivity index (χ4v) is 4.10. The molecule has 0 saturated carbocycles. The van der Waals surface area contributed by atoms with Gasteiger partial charge in [0.25, 0.3) is 0 Å². The summed E-state index contributed by atoms with van der Waals surface area (Å²) in [6, 6.07) is 6.04. The predicted octanol–water partition coefficient (Wildman–Crippen LogP) is 2.39. The van der Waals surface area contributed by atoms with Crippen molar-refractivity contribution in [2.75, 3.05) is 26.7 Å². The first kappa shape index (κ1) is 18.4. The van der Waals surface area contributed by atoms with E-state index in [2.05, 4.69) is 6.07 Å². The number of methoxy groups -OCH3 is 1. The van der Waals surface area contributed by atoms with Crippen molar-refractivity contribution in [2.45, 2.75) is 32.6 Å². The smallest absolute Gasteiger partial charge is 0.303 e. The normalized spacial score (nSPS) is 22.4. The van der Waals surface area contributed by atoms with Crippen LogP contribution in [0.3, 0.4) is 0 Å². The lowest BCUT2D eigenvalue weighted by atomic mass is 9.78. The maximum Gasteiger partial charge on any atom is 0.303 e. The number of carbonyl (C=O) groups excluding carboxylic acids is 1. The highest BCUT2D eigenvalue weighted by atomic mass is 16.5. The third-order valence-corrected chi connectivity index (χ3v) is 5.54. The molecule has 2 unspecified atom stereocenters. The lowest BCUT2D eigenvalue weighted by Gasteiger charge is -2.38. The van der Waals surface area contributed by atoms with Crippen LogP contribution in [0.1, 0.15) is 37.3 Å². The minimum absolute atomic E-state index is 0.0551. The molecule has 2 aliphatic heterocycles. The molecule has 1 amide bonds. The summed E-state index contributed by atoms with van der Waals surface area (Å²) in [5, 5.41) is 9.26. The van der Waals surface area contributed by atoms with Crippen LogP contribution < -0.4 is 4.74 Å². The Morgan fingerprint density at radius 3 is 2.85 bits per heavy atom. The molecule has 1 fully saturated rings. The van der Waals surface area contributed by atoms with E-state index in [4.69, 9.17) is 9.73 Å². The fourth-order valence-electron chi connectivity index (χ4n) is 4.10. The number of ether oxygens (including phenoxy) is 1. The van der Waals surface area contributed by atoms with E-state index < -0.39 is 5.97 Å². The topological polar surface area (TPSA) is 79.2 Å². The zero-order valence-electron chi connectivity index (χ0n) is 15.4. The van der Waals surface area contributed by atoms with Crippen LogP contribution in [-0.2, 0) is 16.0 Å². The van der Waals surface area contributed by atoms with Gasteiger partial charge in [-0.25, -0.2) is 0 Å². The van der Waals surface area contributed by atoms with Crippen molar-refractivity contribution in [2.24, 2.45) is 16.8 Å². The van der Waals surface area contributed by atoms with Crippen LogP contribution in [0.25, 0.3) is 0 Å². The molecule has 0 spiro atoms. The van der Waals surface area contributed by atoms with Crippen LogP contribution in [0.5, 0.6) is 5.75 Å². The van der Waals surface area contributed by atoms with E-state index in [9.17, 15) is 14.7 Å². The molecular formula is C20H26N2O4. The minimum Gasteiger partial charge on any atom is -0.497 e. The number of aliphatic carboxylic acids is 1. The number of amides is 1. The lowest BCUT2D eigenvalue weighted by Crippen LogP contribution is -2.44. The number of aliphatic imine (C=N–C) groups is 1. The number of nitrogens with zero attached hydrogens (tertiary/aromatic N) is 2.